The van der Waals surface area contributed by atoms with Gasteiger partial charge in [0.15, 0.2) is 0 Å². The van der Waals surface area contributed by atoms with Gasteiger partial charge in [-0.1, -0.05) is 35.4 Å². The van der Waals surface area contributed by atoms with Gasteiger partial charge in [0.1, 0.15) is 0 Å². The molecule has 5 aromatic rings. The molecule has 0 saturated heterocycles. The molecule has 0 unspecified atom stereocenters. The van der Waals surface area contributed by atoms with E-state index < -0.39 is 0 Å². The second-order valence-corrected chi connectivity index (χ2v) is 9.85. The van der Waals surface area contributed by atoms with E-state index in [9.17, 15) is 0 Å². The second kappa shape index (κ2) is 15.4. The largest absolute Gasteiger partial charge is 1.00 e. The molecule has 0 aliphatic heterocycles. The summed E-state index contributed by atoms with van der Waals surface area (Å²) in [7, 11) is 0. The van der Waals surface area contributed by atoms with Gasteiger partial charge in [0.2, 0.25) is 0 Å². The molecule has 0 atom stereocenters. The van der Waals surface area contributed by atoms with E-state index in [2.05, 4.69) is 42.5 Å². The van der Waals surface area contributed by atoms with Gasteiger partial charge in [-0.2, -0.15) is 48.0 Å². The third-order valence-electron chi connectivity index (χ3n) is 5.44. The molecule has 1 aliphatic carbocycles. The van der Waals surface area contributed by atoms with Crippen LogP contribution in [-0.2, 0) is 30.7 Å². The van der Waals surface area contributed by atoms with Gasteiger partial charge in [-0.25, -0.2) is 12.1 Å². The number of fused-ring (bicyclic) bond motifs is 3. The maximum Gasteiger partial charge on any atom is -0.0253 e. The summed E-state index contributed by atoms with van der Waals surface area (Å²) in [5.74, 6) is 0. The molecule has 5 heteroatoms. The molecule has 0 fully saturated rings. The van der Waals surface area contributed by atoms with E-state index in [1.807, 2.05) is 84.9 Å². The third-order valence-corrected chi connectivity index (χ3v) is 7.36. The predicted octanol–water partition coefficient (Wildman–Crippen LogP) is 2.58. The first kappa shape index (κ1) is 30.4. The summed E-state index contributed by atoms with van der Waals surface area (Å²) in [6.07, 6.45) is 1.05. The van der Waals surface area contributed by atoms with E-state index in [1.165, 1.54) is 60.8 Å². The van der Waals surface area contributed by atoms with Crippen LogP contribution in [-0.4, -0.2) is 3.21 Å². The van der Waals surface area contributed by atoms with Crippen molar-refractivity contribution in [2.24, 2.45) is 0 Å². The summed E-state index contributed by atoms with van der Waals surface area (Å²) in [5.41, 5.74) is 7.94. The van der Waals surface area contributed by atoms with Crippen molar-refractivity contribution in [1.82, 2.24) is 0 Å². The molecule has 0 heterocycles. The molecular formula is C31H22Cl4Zr-2. The average molecular weight is 628 g/mol. The number of hydrogen-bond acceptors (Lipinski definition) is 0. The van der Waals surface area contributed by atoms with Crippen molar-refractivity contribution in [3.63, 3.8) is 0 Å². The van der Waals surface area contributed by atoms with Gasteiger partial charge in [0, 0.05) is 0 Å². The van der Waals surface area contributed by atoms with E-state index in [0.717, 1.165) is 16.5 Å². The summed E-state index contributed by atoms with van der Waals surface area (Å²) in [6, 6.07) is 43.9. The molecule has 0 spiro atoms. The van der Waals surface area contributed by atoms with Gasteiger partial charge >= 0.3 is 120 Å². The number of rotatable bonds is 2. The Morgan fingerprint density at radius 2 is 1.19 bits per heavy atom. The Labute approximate surface area is 250 Å². The van der Waals surface area contributed by atoms with Crippen molar-refractivity contribution < 1.29 is 49.0 Å². The molecule has 0 N–H and O–H groups in total. The Bertz CT molecular complexity index is 1230. The van der Waals surface area contributed by atoms with Gasteiger partial charge < -0.3 is 24.8 Å². The molecule has 1 aliphatic rings. The van der Waals surface area contributed by atoms with Crippen molar-refractivity contribution in [3.05, 3.63) is 160 Å². The molecule has 0 radical (unpaired) electrons. The summed E-state index contributed by atoms with van der Waals surface area (Å²) in [5, 5.41) is 1.53. The van der Waals surface area contributed by atoms with Crippen LogP contribution in [0.2, 0.25) is 10.0 Å². The first-order chi connectivity index (χ1) is 16.6. The van der Waals surface area contributed by atoms with E-state index in [-0.39, 0.29) is 24.8 Å². The zero-order chi connectivity index (χ0) is 23.8. The molecule has 6 rings (SSSR count). The monoisotopic (exact) mass is 624 g/mol. The Morgan fingerprint density at radius 3 is 1.72 bits per heavy atom. The summed E-state index contributed by atoms with van der Waals surface area (Å²) < 4.78 is 1.31. The predicted molar refractivity (Wildman–Crippen MR) is 142 cm³/mol. The van der Waals surface area contributed by atoms with Crippen LogP contribution in [0.15, 0.2) is 121 Å². The maximum absolute atomic E-state index is 5.86. The number of hydrogen-bond donors (Lipinski definition) is 0. The van der Waals surface area contributed by atoms with Crippen LogP contribution in [0.1, 0.15) is 22.3 Å². The molecule has 0 saturated carbocycles. The van der Waals surface area contributed by atoms with Crippen LogP contribution in [0, 0.1) is 6.07 Å². The molecule has 0 bridgehead atoms. The summed E-state index contributed by atoms with van der Waals surface area (Å²) in [6.45, 7) is 0. The van der Waals surface area contributed by atoms with E-state index in [4.69, 9.17) is 23.2 Å². The summed E-state index contributed by atoms with van der Waals surface area (Å²) >= 11 is 13.1. The van der Waals surface area contributed by atoms with Crippen LogP contribution in [0.3, 0.4) is 0 Å². The molecule has 180 valence electrons. The molecule has 5 aromatic carbocycles. The van der Waals surface area contributed by atoms with E-state index in [1.54, 1.807) is 0 Å². The van der Waals surface area contributed by atoms with Crippen molar-refractivity contribution in [1.29, 1.82) is 0 Å². The Morgan fingerprint density at radius 1 is 0.667 bits per heavy atom. The SMILES string of the molecule is Clc1ccc([C](=[Zr+2])c2ccc(Cl)cc2)cc1.[Cl-].[Cl-].[c-]1cccc2c1Cc1ccccc1-2.c1cc[cH-]c1. The first-order valence-electron chi connectivity index (χ1n) is 11.0. The quantitative estimate of drug-likeness (QED) is 0.259. The average Bonchev–Trinajstić information content (AvgIpc) is 3.57. The molecule has 0 nitrogen and oxygen atoms in total. The third kappa shape index (κ3) is 8.34. The maximum atomic E-state index is 5.86. The second-order valence-electron chi connectivity index (χ2n) is 7.75. The standard InChI is InChI=1S/C13H8Cl2.C13H9.C5H5.2ClH.Zr/c14-12-5-1-10(2-6-12)9-11-3-7-13(15)8-4-11;1-3-7-12-10(5-1)9-11-6-2-4-8-13(11)12;1-2-4-5-3-1;;;/h1-8H;1-5,7-8H,9H2;1-5H;2*1H;/q;2*-1;;;+2/p-2. The van der Waals surface area contributed by atoms with Crippen molar-refractivity contribution >= 4 is 26.4 Å². The first-order valence-corrected chi connectivity index (χ1v) is 13.0. The number of halogens is 4. The summed E-state index contributed by atoms with van der Waals surface area (Å²) in [4.78, 5) is 0. The minimum Gasteiger partial charge on any atom is -1.00 e. The normalized spacial score (nSPS) is 10.1. The van der Waals surface area contributed by atoms with Crippen LogP contribution in [0.4, 0.5) is 0 Å². The van der Waals surface area contributed by atoms with Gasteiger partial charge in [-0.3, -0.25) is 0 Å². The minimum atomic E-state index is 0. The fourth-order valence-corrected chi connectivity index (χ4v) is 4.79. The fourth-order valence-electron chi connectivity index (χ4n) is 3.72. The van der Waals surface area contributed by atoms with E-state index in [0.29, 0.717) is 0 Å². The molecular weight excluding hydrogens is 605 g/mol. The number of benzene rings is 4. The van der Waals surface area contributed by atoms with Crippen LogP contribution >= 0.6 is 23.2 Å². The van der Waals surface area contributed by atoms with Crippen molar-refractivity contribution in [2.75, 3.05) is 0 Å². The van der Waals surface area contributed by atoms with Gasteiger partial charge in [0.05, 0.1) is 0 Å². The zero-order valence-corrected chi connectivity index (χ0v) is 24.7. The van der Waals surface area contributed by atoms with Gasteiger partial charge in [-0.15, -0.1) is 5.56 Å². The van der Waals surface area contributed by atoms with Crippen molar-refractivity contribution in [2.45, 2.75) is 6.42 Å². The zero-order valence-electron chi connectivity index (χ0n) is 19.3. The van der Waals surface area contributed by atoms with Crippen LogP contribution in [0.25, 0.3) is 11.1 Å². The Kier molecular flexibility index (Phi) is 13.0. The molecule has 0 aromatic heterocycles. The minimum absolute atomic E-state index is 0. The fraction of sp³-hybridized carbons (Fsp3) is 0.0323. The van der Waals surface area contributed by atoms with Gasteiger partial charge in [-0.05, 0) is 6.42 Å². The Balaban J connectivity index is 0.000000205. The molecule has 36 heavy (non-hydrogen) atoms. The van der Waals surface area contributed by atoms with E-state index >= 15 is 0 Å². The van der Waals surface area contributed by atoms with Crippen LogP contribution < -0.4 is 24.8 Å². The smallest absolute Gasteiger partial charge is 0.0253 e. The topological polar surface area (TPSA) is 0 Å². The Hall–Kier alpha value is -1.86. The van der Waals surface area contributed by atoms with Crippen LogP contribution in [0.5, 0.6) is 0 Å². The molecule has 0 amide bonds. The van der Waals surface area contributed by atoms with Crippen molar-refractivity contribution in [3.8, 4) is 11.1 Å². The van der Waals surface area contributed by atoms with Gasteiger partial charge in [0.25, 0.3) is 0 Å².